The van der Waals surface area contributed by atoms with Crippen LogP contribution < -0.4 is 15.0 Å². The summed E-state index contributed by atoms with van der Waals surface area (Å²) in [6.45, 7) is 7.76. The van der Waals surface area contributed by atoms with Crippen molar-refractivity contribution < 1.29 is 22.6 Å². The van der Waals surface area contributed by atoms with Gasteiger partial charge in [-0.05, 0) is 54.4 Å². The van der Waals surface area contributed by atoms with Gasteiger partial charge < -0.3 is 19.7 Å². The summed E-state index contributed by atoms with van der Waals surface area (Å²) in [5.41, 5.74) is 3.83. The summed E-state index contributed by atoms with van der Waals surface area (Å²) in [5, 5.41) is 7.69. The van der Waals surface area contributed by atoms with Crippen LogP contribution in [0.15, 0.2) is 48.8 Å². The number of piperazine rings is 1. The lowest BCUT2D eigenvalue weighted by Gasteiger charge is -2.43. The molecule has 0 bridgehead atoms. The summed E-state index contributed by atoms with van der Waals surface area (Å²) in [6, 6.07) is 12.4. The third-order valence-corrected chi connectivity index (χ3v) is 6.28. The van der Waals surface area contributed by atoms with Gasteiger partial charge >= 0.3 is 6.36 Å². The fourth-order valence-electron chi connectivity index (χ4n) is 4.29. The molecule has 2 aliphatic heterocycles. The number of anilines is 3. The number of alkyl halides is 3. The highest BCUT2D eigenvalue weighted by Gasteiger charge is 2.31. The Labute approximate surface area is 201 Å². The molecule has 5 rings (SSSR count). The number of aromatic nitrogens is 3. The fourth-order valence-corrected chi connectivity index (χ4v) is 4.29. The van der Waals surface area contributed by atoms with Gasteiger partial charge in [0.25, 0.3) is 0 Å². The monoisotopic (exact) mass is 488 g/mol. The van der Waals surface area contributed by atoms with E-state index in [-0.39, 0.29) is 5.75 Å². The van der Waals surface area contributed by atoms with Crippen molar-refractivity contribution in [3.63, 3.8) is 0 Å². The molecule has 35 heavy (non-hydrogen) atoms. The second kappa shape index (κ2) is 9.74. The smallest absolute Gasteiger partial charge is 0.406 e. The van der Waals surface area contributed by atoms with Crippen molar-refractivity contribution in [2.24, 2.45) is 0 Å². The second-order valence-electron chi connectivity index (χ2n) is 8.64. The highest BCUT2D eigenvalue weighted by Crippen LogP contribution is 2.27. The lowest BCUT2D eigenvalue weighted by molar-refractivity contribution is -0.274. The summed E-state index contributed by atoms with van der Waals surface area (Å²) in [4.78, 5) is 9.21. The van der Waals surface area contributed by atoms with Gasteiger partial charge in [-0.3, -0.25) is 4.90 Å². The SMILES string of the molecule is CCc1cc(Nc2ncn(-c3ccc(OC(F)(F)F)cc3)n2)cc(N2CCN(C3COC3)CC2)c1. The molecule has 2 aliphatic rings. The van der Waals surface area contributed by atoms with Gasteiger partial charge in [0, 0.05) is 37.6 Å². The van der Waals surface area contributed by atoms with E-state index in [4.69, 9.17) is 4.74 Å². The molecule has 0 aliphatic carbocycles. The molecule has 3 aromatic rings. The van der Waals surface area contributed by atoms with E-state index in [1.807, 2.05) is 0 Å². The van der Waals surface area contributed by atoms with Crippen LogP contribution in [0, 0.1) is 0 Å². The van der Waals surface area contributed by atoms with Gasteiger partial charge in [-0.25, -0.2) is 4.68 Å². The van der Waals surface area contributed by atoms with Gasteiger partial charge in [-0.15, -0.1) is 18.3 Å². The van der Waals surface area contributed by atoms with Gasteiger partial charge in [0.15, 0.2) is 0 Å². The van der Waals surface area contributed by atoms with Crippen molar-refractivity contribution in [1.29, 1.82) is 0 Å². The number of ether oxygens (including phenoxy) is 2. The van der Waals surface area contributed by atoms with Crippen LogP contribution in [-0.2, 0) is 11.2 Å². The van der Waals surface area contributed by atoms with Crippen molar-refractivity contribution in [3.05, 3.63) is 54.4 Å². The van der Waals surface area contributed by atoms with Crippen molar-refractivity contribution >= 4 is 17.3 Å². The van der Waals surface area contributed by atoms with Gasteiger partial charge in [-0.2, -0.15) is 4.98 Å². The molecule has 0 atom stereocenters. The Morgan fingerprint density at radius 2 is 1.77 bits per heavy atom. The maximum Gasteiger partial charge on any atom is 0.573 e. The second-order valence-corrected chi connectivity index (χ2v) is 8.64. The van der Waals surface area contributed by atoms with E-state index in [2.05, 4.69) is 55.1 Å². The number of aryl methyl sites for hydroxylation is 1. The molecule has 8 nitrogen and oxygen atoms in total. The maximum atomic E-state index is 12.4. The summed E-state index contributed by atoms with van der Waals surface area (Å²) < 4.78 is 47.9. The Hall–Kier alpha value is -3.31. The molecule has 2 fully saturated rings. The molecule has 0 spiro atoms. The minimum atomic E-state index is -4.73. The number of hydrogen-bond acceptors (Lipinski definition) is 7. The highest BCUT2D eigenvalue weighted by atomic mass is 19.4. The first-order valence-corrected chi connectivity index (χ1v) is 11.6. The van der Waals surface area contributed by atoms with Gasteiger partial charge in [0.2, 0.25) is 5.95 Å². The van der Waals surface area contributed by atoms with Crippen molar-refractivity contribution in [2.45, 2.75) is 25.7 Å². The third kappa shape index (κ3) is 5.68. The predicted molar refractivity (Wildman–Crippen MR) is 126 cm³/mol. The lowest BCUT2D eigenvalue weighted by atomic mass is 10.1. The highest BCUT2D eigenvalue weighted by molar-refractivity contribution is 5.64. The Morgan fingerprint density at radius 3 is 2.40 bits per heavy atom. The van der Waals surface area contributed by atoms with E-state index >= 15 is 0 Å². The van der Waals surface area contributed by atoms with E-state index < -0.39 is 6.36 Å². The normalized spacial score (nSPS) is 17.3. The number of hydrogen-bond donors (Lipinski definition) is 1. The summed E-state index contributed by atoms with van der Waals surface area (Å²) in [5.74, 6) is 0.111. The van der Waals surface area contributed by atoms with Gasteiger partial charge in [-0.1, -0.05) is 6.92 Å². The molecule has 0 amide bonds. The average Bonchev–Trinajstić information content (AvgIpc) is 3.26. The molecule has 0 radical (unpaired) electrons. The van der Waals surface area contributed by atoms with E-state index in [1.165, 1.54) is 40.8 Å². The van der Waals surface area contributed by atoms with E-state index in [1.54, 1.807) is 0 Å². The standard InChI is InChI=1S/C24H27F3N6O2/c1-2-17-11-18(13-20(12-17)31-7-9-32(10-8-31)21-14-34-15-21)29-23-28-16-33(30-23)19-3-5-22(6-4-19)35-24(25,26)27/h3-6,11-13,16,21H,2,7-10,14-15H2,1H3,(H,29,30). The largest absolute Gasteiger partial charge is 0.573 e. The Kier molecular flexibility index (Phi) is 6.52. The molecule has 2 aromatic carbocycles. The number of rotatable bonds is 7. The van der Waals surface area contributed by atoms with Crippen molar-refractivity contribution in [2.75, 3.05) is 49.6 Å². The first-order valence-electron chi connectivity index (χ1n) is 11.6. The fraction of sp³-hybridized carbons (Fsp3) is 0.417. The molecule has 0 saturated carbocycles. The van der Waals surface area contributed by atoms with Crippen LogP contribution in [0.5, 0.6) is 5.75 Å². The number of nitrogens with one attached hydrogen (secondary N) is 1. The molecule has 0 unspecified atom stereocenters. The van der Waals surface area contributed by atoms with Crippen LogP contribution in [0.1, 0.15) is 12.5 Å². The predicted octanol–water partition coefficient (Wildman–Crippen LogP) is 3.99. The first kappa shape index (κ1) is 23.4. The Morgan fingerprint density at radius 1 is 1.03 bits per heavy atom. The Balaban J connectivity index is 1.26. The quantitative estimate of drug-likeness (QED) is 0.539. The molecule has 2 saturated heterocycles. The first-order chi connectivity index (χ1) is 16.9. The number of benzene rings is 2. The van der Waals surface area contributed by atoms with Crippen LogP contribution >= 0.6 is 0 Å². The third-order valence-electron chi connectivity index (χ3n) is 6.28. The van der Waals surface area contributed by atoms with Crippen LogP contribution in [-0.4, -0.2) is 71.5 Å². The number of halogens is 3. The zero-order chi connectivity index (χ0) is 24.4. The molecule has 1 aromatic heterocycles. The molecule has 11 heteroatoms. The lowest BCUT2D eigenvalue weighted by Crippen LogP contribution is -2.56. The van der Waals surface area contributed by atoms with Crippen molar-refractivity contribution in [3.8, 4) is 11.4 Å². The Bertz CT molecular complexity index is 1140. The minimum absolute atomic E-state index is 0.287. The molecule has 1 N–H and O–H groups in total. The maximum absolute atomic E-state index is 12.4. The summed E-state index contributed by atoms with van der Waals surface area (Å²) in [7, 11) is 0. The topological polar surface area (TPSA) is 67.7 Å². The van der Waals surface area contributed by atoms with E-state index in [0.29, 0.717) is 17.7 Å². The average molecular weight is 489 g/mol. The zero-order valence-corrected chi connectivity index (χ0v) is 19.3. The van der Waals surface area contributed by atoms with Crippen LogP contribution in [0.3, 0.4) is 0 Å². The molecular formula is C24H27F3N6O2. The summed E-state index contributed by atoms with van der Waals surface area (Å²) in [6.07, 6.45) is -2.32. The number of nitrogens with zero attached hydrogens (tertiary/aromatic N) is 5. The van der Waals surface area contributed by atoms with E-state index in [9.17, 15) is 13.2 Å². The van der Waals surface area contributed by atoms with Crippen LogP contribution in [0.2, 0.25) is 0 Å². The van der Waals surface area contributed by atoms with Gasteiger partial charge in [0.1, 0.15) is 12.1 Å². The van der Waals surface area contributed by atoms with E-state index in [0.717, 1.165) is 57.2 Å². The molecule has 186 valence electrons. The zero-order valence-electron chi connectivity index (χ0n) is 19.3. The minimum Gasteiger partial charge on any atom is -0.406 e. The van der Waals surface area contributed by atoms with Crippen LogP contribution in [0.25, 0.3) is 5.69 Å². The molecule has 3 heterocycles. The summed E-state index contributed by atoms with van der Waals surface area (Å²) >= 11 is 0. The van der Waals surface area contributed by atoms with Crippen LogP contribution in [0.4, 0.5) is 30.5 Å². The van der Waals surface area contributed by atoms with Gasteiger partial charge in [0.05, 0.1) is 24.9 Å². The molecular weight excluding hydrogens is 461 g/mol. The van der Waals surface area contributed by atoms with Crippen molar-refractivity contribution in [1.82, 2.24) is 19.7 Å².